The molecule has 2 aliphatic rings. The largest absolute Gasteiger partial charge is 0.544 e. The Morgan fingerprint density at radius 3 is 2.50 bits per heavy atom. The lowest BCUT2D eigenvalue weighted by Crippen LogP contribution is -2.15. The van der Waals surface area contributed by atoms with Crippen LogP contribution in [0.2, 0.25) is 0 Å². The van der Waals surface area contributed by atoms with E-state index < -0.39 is 9.76 Å². The van der Waals surface area contributed by atoms with Gasteiger partial charge in [-0.2, -0.15) is 0 Å². The van der Waals surface area contributed by atoms with Crippen LogP contribution in [0.15, 0.2) is 61.7 Å². The molecule has 0 aliphatic heterocycles. The minimum atomic E-state index is -0.763. The van der Waals surface area contributed by atoms with Gasteiger partial charge < -0.3 is 4.43 Å². The van der Waals surface area contributed by atoms with Gasteiger partial charge in [0.25, 0.3) is 9.76 Å². The molecule has 0 N–H and O–H groups in total. The standard InChI is InChI=1S/C20H16OSi/c1-3-13-9-7-11-17-19(13)15(4-2)20(17)21-22-18-12-14-8-5-6-10-16(14)18/h3-12H,1-2,22H2. The summed E-state index contributed by atoms with van der Waals surface area (Å²) in [7, 11) is -0.763. The molecule has 0 saturated carbocycles. The van der Waals surface area contributed by atoms with Crippen LogP contribution in [0, 0.1) is 0 Å². The highest BCUT2D eigenvalue weighted by Gasteiger charge is 2.28. The summed E-state index contributed by atoms with van der Waals surface area (Å²) in [5, 5.41) is 1.39. The Balaban J connectivity index is 1.57. The summed E-state index contributed by atoms with van der Waals surface area (Å²) in [5.41, 5.74) is 7.36. The normalized spacial score (nSPS) is 14.6. The van der Waals surface area contributed by atoms with E-state index >= 15 is 0 Å². The molecule has 0 heterocycles. The first kappa shape index (κ1) is 13.1. The van der Waals surface area contributed by atoms with Gasteiger partial charge in [0.2, 0.25) is 0 Å². The zero-order chi connectivity index (χ0) is 15.1. The Morgan fingerprint density at radius 1 is 0.909 bits per heavy atom. The van der Waals surface area contributed by atoms with Crippen LogP contribution in [0.25, 0.3) is 28.7 Å². The average Bonchev–Trinajstić information content (AvgIpc) is 2.52. The summed E-state index contributed by atoms with van der Waals surface area (Å²) >= 11 is 0. The van der Waals surface area contributed by atoms with Crippen molar-refractivity contribution in [2.24, 2.45) is 0 Å². The minimum Gasteiger partial charge on any atom is -0.544 e. The zero-order valence-electron chi connectivity index (χ0n) is 12.3. The van der Waals surface area contributed by atoms with Crippen LogP contribution in [0.4, 0.5) is 0 Å². The molecule has 0 saturated heterocycles. The van der Waals surface area contributed by atoms with E-state index in [9.17, 15) is 0 Å². The number of allylic oxidation sites excluding steroid dienone is 2. The van der Waals surface area contributed by atoms with E-state index in [2.05, 4.69) is 61.7 Å². The van der Waals surface area contributed by atoms with Crippen LogP contribution in [0.5, 0.6) is 0 Å². The third-order valence-electron chi connectivity index (χ3n) is 4.29. The molecule has 0 aromatic heterocycles. The summed E-state index contributed by atoms with van der Waals surface area (Å²) in [6.45, 7) is 7.82. The van der Waals surface area contributed by atoms with E-state index in [1.54, 1.807) is 0 Å². The Labute approximate surface area is 132 Å². The van der Waals surface area contributed by atoms with Crippen molar-refractivity contribution in [3.8, 4) is 0 Å². The molecule has 0 bridgehead atoms. The van der Waals surface area contributed by atoms with E-state index in [0.717, 1.165) is 16.9 Å². The Kier molecular flexibility index (Phi) is 2.98. The van der Waals surface area contributed by atoms with Gasteiger partial charge in [-0.25, -0.2) is 0 Å². The molecule has 22 heavy (non-hydrogen) atoms. The number of benzene rings is 2. The third-order valence-corrected chi connectivity index (χ3v) is 5.62. The van der Waals surface area contributed by atoms with Gasteiger partial charge in [0.1, 0.15) is 5.76 Å². The molecule has 106 valence electrons. The van der Waals surface area contributed by atoms with Crippen molar-refractivity contribution in [3.63, 3.8) is 0 Å². The van der Waals surface area contributed by atoms with Crippen LogP contribution in [0.1, 0.15) is 27.8 Å². The molecule has 1 nitrogen and oxygen atoms in total. The van der Waals surface area contributed by atoms with Gasteiger partial charge in [0.15, 0.2) is 0 Å². The van der Waals surface area contributed by atoms with Gasteiger partial charge in [-0.3, -0.25) is 0 Å². The van der Waals surface area contributed by atoms with E-state index in [0.29, 0.717) is 0 Å². The number of hydrogen-bond acceptors (Lipinski definition) is 1. The van der Waals surface area contributed by atoms with Crippen molar-refractivity contribution < 1.29 is 4.43 Å². The second kappa shape index (κ2) is 5.00. The molecule has 2 aromatic rings. The molecule has 0 unspecified atom stereocenters. The first-order valence-corrected chi connectivity index (χ1v) is 8.67. The molecule has 0 amide bonds. The van der Waals surface area contributed by atoms with Crippen molar-refractivity contribution in [2.75, 3.05) is 0 Å². The molecular weight excluding hydrogens is 284 g/mol. The lowest BCUT2D eigenvalue weighted by Gasteiger charge is -2.29. The Morgan fingerprint density at radius 2 is 1.73 bits per heavy atom. The van der Waals surface area contributed by atoms with E-state index in [1.807, 2.05) is 12.2 Å². The highest BCUT2D eigenvalue weighted by Crippen LogP contribution is 2.44. The van der Waals surface area contributed by atoms with Gasteiger partial charge in [0.05, 0.1) is 0 Å². The zero-order valence-corrected chi connectivity index (χ0v) is 13.7. The van der Waals surface area contributed by atoms with Gasteiger partial charge >= 0.3 is 0 Å². The summed E-state index contributed by atoms with van der Waals surface area (Å²) in [6.07, 6.45) is 6.03. The third kappa shape index (κ3) is 1.78. The van der Waals surface area contributed by atoms with Gasteiger partial charge in [-0.15, -0.1) is 0 Å². The quantitative estimate of drug-likeness (QED) is 0.748. The highest BCUT2D eigenvalue weighted by molar-refractivity contribution is 6.60. The topological polar surface area (TPSA) is 9.23 Å². The van der Waals surface area contributed by atoms with Crippen molar-refractivity contribution in [3.05, 3.63) is 89.5 Å². The van der Waals surface area contributed by atoms with Crippen molar-refractivity contribution >= 4 is 38.4 Å². The summed E-state index contributed by atoms with van der Waals surface area (Å²) in [4.78, 5) is 0. The first-order valence-electron chi connectivity index (χ1n) is 7.39. The highest BCUT2D eigenvalue weighted by atomic mass is 28.2. The van der Waals surface area contributed by atoms with Crippen LogP contribution < -0.4 is 0 Å². The summed E-state index contributed by atoms with van der Waals surface area (Å²) in [5.74, 6) is 1.01. The van der Waals surface area contributed by atoms with Crippen LogP contribution in [0.3, 0.4) is 0 Å². The fourth-order valence-corrected chi connectivity index (χ4v) is 4.54. The number of rotatable bonds is 5. The van der Waals surface area contributed by atoms with Crippen LogP contribution in [-0.2, 0) is 4.43 Å². The first-order chi connectivity index (χ1) is 10.8. The molecule has 4 rings (SSSR count). The summed E-state index contributed by atoms with van der Waals surface area (Å²) in [6, 6.07) is 14.7. The van der Waals surface area contributed by atoms with Gasteiger partial charge in [-0.1, -0.05) is 73.9 Å². The predicted molar refractivity (Wildman–Crippen MR) is 97.5 cm³/mol. The molecule has 2 aromatic carbocycles. The number of hydrogen-bond donors (Lipinski definition) is 0. The maximum Gasteiger partial charge on any atom is 0.252 e. The monoisotopic (exact) mass is 300 g/mol. The molecule has 2 aliphatic carbocycles. The van der Waals surface area contributed by atoms with Crippen LogP contribution >= 0.6 is 0 Å². The molecular formula is C20H16OSi. The summed E-state index contributed by atoms with van der Waals surface area (Å²) < 4.78 is 6.21. The van der Waals surface area contributed by atoms with Gasteiger partial charge in [-0.05, 0) is 21.9 Å². The average molecular weight is 300 g/mol. The Bertz CT molecular complexity index is 871. The predicted octanol–water partition coefficient (Wildman–Crippen LogP) is 4.31. The molecule has 0 radical (unpaired) electrons. The van der Waals surface area contributed by atoms with Crippen molar-refractivity contribution in [2.45, 2.75) is 0 Å². The Hall–Kier alpha value is -2.58. The lowest BCUT2D eigenvalue weighted by molar-refractivity contribution is 0.558. The van der Waals surface area contributed by atoms with E-state index in [-0.39, 0.29) is 0 Å². The second-order valence-electron chi connectivity index (χ2n) is 5.47. The SMILES string of the molecule is C=CC1=C(O[SiH2]C2=Cc3ccccc32)c2cccc(C=C)c21. The fourth-order valence-electron chi connectivity index (χ4n) is 3.15. The van der Waals surface area contributed by atoms with E-state index in [4.69, 9.17) is 4.43 Å². The fraction of sp³-hybridized carbons (Fsp3) is 0. The number of fused-ring (bicyclic) bond motifs is 2. The lowest BCUT2D eigenvalue weighted by atomic mass is 9.83. The molecule has 2 heteroatoms. The maximum atomic E-state index is 6.21. The molecule has 0 fully saturated rings. The smallest absolute Gasteiger partial charge is 0.252 e. The molecule has 0 spiro atoms. The van der Waals surface area contributed by atoms with Crippen molar-refractivity contribution in [1.29, 1.82) is 0 Å². The molecule has 0 atom stereocenters. The van der Waals surface area contributed by atoms with Gasteiger partial charge in [0, 0.05) is 16.7 Å². The van der Waals surface area contributed by atoms with Crippen LogP contribution in [-0.4, -0.2) is 9.76 Å². The van der Waals surface area contributed by atoms with E-state index in [1.165, 1.54) is 27.5 Å². The maximum absolute atomic E-state index is 6.21. The minimum absolute atomic E-state index is 0.763. The second-order valence-corrected chi connectivity index (χ2v) is 6.81. The van der Waals surface area contributed by atoms with Crippen molar-refractivity contribution in [1.82, 2.24) is 0 Å².